The fourth-order valence-electron chi connectivity index (χ4n) is 2.18. The monoisotopic (exact) mass is 255 g/mol. The van der Waals surface area contributed by atoms with Gasteiger partial charge in [-0.05, 0) is 37.3 Å². The lowest BCUT2D eigenvalue weighted by molar-refractivity contribution is 0.530. The fourth-order valence-corrected chi connectivity index (χ4v) is 4.70. The van der Waals surface area contributed by atoms with Crippen LogP contribution in [0.4, 0.5) is 0 Å². The first-order valence-corrected chi connectivity index (χ1v) is 8.18. The minimum absolute atomic E-state index is 0.584. The summed E-state index contributed by atoms with van der Waals surface area (Å²) in [5.74, 6) is 2.54. The second kappa shape index (κ2) is 6.08. The van der Waals surface area contributed by atoms with Gasteiger partial charge >= 0.3 is 0 Å². The third-order valence-electron chi connectivity index (χ3n) is 3.18. The van der Waals surface area contributed by atoms with Crippen molar-refractivity contribution in [1.82, 2.24) is 5.32 Å². The van der Waals surface area contributed by atoms with Crippen LogP contribution in [0.3, 0.4) is 0 Å². The summed E-state index contributed by atoms with van der Waals surface area (Å²) in [6.45, 7) is 2.27. The zero-order valence-electron chi connectivity index (χ0n) is 10.2. The summed E-state index contributed by atoms with van der Waals surface area (Å²) in [6.07, 6.45) is 5.18. The number of unbranched alkanes of at least 4 members (excludes halogenated alkanes) is 1. The van der Waals surface area contributed by atoms with E-state index in [9.17, 15) is 0 Å². The SMILES string of the molecule is CCCCC(NC)c1cc2c(s1)CCSC2. The Morgan fingerprint density at radius 1 is 1.50 bits per heavy atom. The van der Waals surface area contributed by atoms with Crippen LogP contribution in [0.15, 0.2) is 6.07 Å². The van der Waals surface area contributed by atoms with Crippen LogP contribution in [-0.2, 0) is 12.2 Å². The fraction of sp³-hybridized carbons (Fsp3) is 0.692. The first-order chi connectivity index (χ1) is 7.85. The Hall–Kier alpha value is 0.01000. The molecule has 0 amide bonds. The molecule has 1 N–H and O–H groups in total. The third kappa shape index (κ3) is 2.82. The van der Waals surface area contributed by atoms with Gasteiger partial charge in [-0.2, -0.15) is 11.8 Å². The lowest BCUT2D eigenvalue weighted by atomic mass is 10.1. The van der Waals surface area contributed by atoms with Gasteiger partial charge in [-0.1, -0.05) is 19.8 Å². The molecule has 0 spiro atoms. The first kappa shape index (κ1) is 12.5. The summed E-state index contributed by atoms with van der Waals surface area (Å²) in [5, 5.41) is 3.47. The van der Waals surface area contributed by atoms with Crippen molar-refractivity contribution in [2.45, 2.75) is 44.4 Å². The standard InChI is InChI=1S/C13H21NS2/c1-3-4-5-11(14-2)13-8-10-9-15-7-6-12(10)16-13/h8,11,14H,3-7,9H2,1-2H3. The molecule has 1 nitrogen and oxygen atoms in total. The van der Waals surface area contributed by atoms with Gasteiger partial charge in [0.15, 0.2) is 0 Å². The molecule has 0 aliphatic carbocycles. The topological polar surface area (TPSA) is 12.0 Å². The summed E-state index contributed by atoms with van der Waals surface area (Å²) in [4.78, 5) is 3.20. The lowest BCUT2D eigenvalue weighted by Crippen LogP contribution is -2.14. The van der Waals surface area contributed by atoms with Crippen molar-refractivity contribution >= 4 is 23.1 Å². The van der Waals surface area contributed by atoms with Gasteiger partial charge in [-0.3, -0.25) is 0 Å². The lowest BCUT2D eigenvalue weighted by Gasteiger charge is -2.13. The molecule has 0 radical (unpaired) electrons. The van der Waals surface area contributed by atoms with Crippen LogP contribution in [-0.4, -0.2) is 12.8 Å². The molecule has 1 aromatic heterocycles. The number of fused-ring (bicyclic) bond motifs is 1. The Kier molecular flexibility index (Phi) is 4.74. The molecule has 1 unspecified atom stereocenters. The van der Waals surface area contributed by atoms with Crippen molar-refractivity contribution in [3.8, 4) is 0 Å². The highest BCUT2D eigenvalue weighted by atomic mass is 32.2. The van der Waals surface area contributed by atoms with Crippen molar-refractivity contribution in [3.63, 3.8) is 0 Å². The van der Waals surface area contributed by atoms with Crippen molar-refractivity contribution < 1.29 is 0 Å². The zero-order valence-corrected chi connectivity index (χ0v) is 11.8. The smallest absolute Gasteiger partial charge is 0.0412 e. The van der Waals surface area contributed by atoms with E-state index in [0.717, 1.165) is 0 Å². The summed E-state index contributed by atoms with van der Waals surface area (Å²) in [5.41, 5.74) is 1.60. The molecule has 2 heterocycles. The average Bonchev–Trinajstić information content (AvgIpc) is 2.73. The van der Waals surface area contributed by atoms with E-state index < -0.39 is 0 Å². The highest BCUT2D eigenvalue weighted by Gasteiger charge is 2.17. The van der Waals surface area contributed by atoms with Gasteiger partial charge in [-0.15, -0.1) is 11.3 Å². The molecule has 16 heavy (non-hydrogen) atoms. The van der Waals surface area contributed by atoms with Crippen LogP contribution in [0, 0.1) is 0 Å². The number of aryl methyl sites for hydroxylation is 1. The summed E-state index contributed by atoms with van der Waals surface area (Å²) >= 11 is 4.12. The molecule has 1 aliphatic heterocycles. The molecule has 1 atom stereocenters. The van der Waals surface area contributed by atoms with Crippen LogP contribution < -0.4 is 5.32 Å². The van der Waals surface area contributed by atoms with Crippen LogP contribution >= 0.6 is 23.1 Å². The molecule has 0 saturated heterocycles. The Morgan fingerprint density at radius 2 is 2.38 bits per heavy atom. The average molecular weight is 255 g/mol. The van der Waals surface area contributed by atoms with Crippen molar-refractivity contribution in [1.29, 1.82) is 0 Å². The molecular weight excluding hydrogens is 234 g/mol. The Bertz CT molecular complexity index is 309. The van der Waals surface area contributed by atoms with Gasteiger partial charge in [0.1, 0.15) is 0 Å². The van der Waals surface area contributed by atoms with Crippen LogP contribution in [0.1, 0.15) is 47.5 Å². The minimum Gasteiger partial charge on any atom is -0.312 e. The molecule has 0 fully saturated rings. The number of hydrogen-bond donors (Lipinski definition) is 1. The van der Waals surface area contributed by atoms with E-state index in [4.69, 9.17) is 0 Å². The Labute approximate surface area is 107 Å². The quantitative estimate of drug-likeness (QED) is 0.854. The van der Waals surface area contributed by atoms with Gasteiger partial charge in [0.05, 0.1) is 0 Å². The molecular formula is C13H21NS2. The van der Waals surface area contributed by atoms with E-state index in [1.165, 1.54) is 37.2 Å². The van der Waals surface area contributed by atoms with E-state index in [0.29, 0.717) is 6.04 Å². The number of thiophene rings is 1. The van der Waals surface area contributed by atoms with Gasteiger partial charge in [-0.25, -0.2) is 0 Å². The predicted molar refractivity (Wildman–Crippen MR) is 75.5 cm³/mol. The van der Waals surface area contributed by atoms with Gasteiger partial charge in [0, 0.05) is 21.5 Å². The Balaban J connectivity index is 2.09. The van der Waals surface area contributed by atoms with Crippen LogP contribution in [0.5, 0.6) is 0 Å². The van der Waals surface area contributed by atoms with Crippen molar-refractivity contribution in [3.05, 3.63) is 21.4 Å². The largest absolute Gasteiger partial charge is 0.312 e. The van der Waals surface area contributed by atoms with E-state index in [1.807, 2.05) is 11.3 Å². The first-order valence-electron chi connectivity index (χ1n) is 6.21. The second-order valence-corrected chi connectivity index (χ2v) is 6.66. The molecule has 90 valence electrons. The zero-order chi connectivity index (χ0) is 11.4. The molecule has 2 rings (SSSR count). The molecule has 3 heteroatoms. The second-order valence-electron chi connectivity index (χ2n) is 4.38. The minimum atomic E-state index is 0.584. The molecule has 0 saturated carbocycles. The highest BCUT2D eigenvalue weighted by molar-refractivity contribution is 7.98. The molecule has 0 aromatic carbocycles. The maximum Gasteiger partial charge on any atom is 0.0412 e. The Morgan fingerprint density at radius 3 is 3.06 bits per heavy atom. The predicted octanol–water partition coefficient (Wildman–Crippen LogP) is 3.99. The molecule has 0 bridgehead atoms. The van der Waals surface area contributed by atoms with Gasteiger partial charge in [0.2, 0.25) is 0 Å². The highest BCUT2D eigenvalue weighted by Crippen LogP contribution is 2.35. The normalized spacial score (nSPS) is 17.1. The maximum atomic E-state index is 3.47. The van der Waals surface area contributed by atoms with Crippen molar-refractivity contribution in [2.75, 3.05) is 12.8 Å². The number of hydrogen-bond acceptors (Lipinski definition) is 3. The van der Waals surface area contributed by atoms with E-state index in [1.54, 1.807) is 15.3 Å². The van der Waals surface area contributed by atoms with Gasteiger partial charge in [0.25, 0.3) is 0 Å². The number of nitrogens with one attached hydrogen (secondary N) is 1. The van der Waals surface area contributed by atoms with Crippen LogP contribution in [0.25, 0.3) is 0 Å². The molecule has 1 aromatic rings. The maximum absolute atomic E-state index is 3.47. The summed E-state index contributed by atoms with van der Waals surface area (Å²) < 4.78 is 0. The number of rotatable bonds is 5. The summed E-state index contributed by atoms with van der Waals surface area (Å²) in [7, 11) is 2.09. The van der Waals surface area contributed by atoms with E-state index in [2.05, 4.69) is 37.1 Å². The van der Waals surface area contributed by atoms with Crippen LogP contribution in [0.2, 0.25) is 0 Å². The van der Waals surface area contributed by atoms with Crippen molar-refractivity contribution in [2.24, 2.45) is 0 Å². The molecule has 1 aliphatic rings. The number of thioether (sulfide) groups is 1. The van der Waals surface area contributed by atoms with E-state index in [-0.39, 0.29) is 0 Å². The van der Waals surface area contributed by atoms with Gasteiger partial charge < -0.3 is 5.32 Å². The van der Waals surface area contributed by atoms with E-state index >= 15 is 0 Å². The third-order valence-corrected chi connectivity index (χ3v) is 5.54. The summed E-state index contributed by atoms with van der Waals surface area (Å²) in [6, 6.07) is 3.03.